The Morgan fingerprint density at radius 2 is 1.92 bits per heavy atom. The second-order valence-electron chi connectivity index (χ2n) is 8.81. The fraction of sp³-hybridized carbons (Fsp3) is 0.579. The van der Waals surface area contributed by atoms with Gasteiger partial charge in [-0.2, -0.15) is 4.89 Å². The van der Waals surface area contributed by atoms with E-state index in [4.69, 9.17) is 18.9 Å². The molecule has 0 bridgehead atoms. The second-order valence-corrected chi connectivity index (χ2v) is 10.3. The van der Waals surface area contributed by atoms with Crippen LogP contribution in [0, 0.1) is 17.8 Å². The molecule has 136 valence electrons. The Morgan fingerprint density at radius 3 is 2.48 bits per heavy atom. The molecule has 4 rings (SSSR count). The fourth-order valence-electron chi connectivity index (χ4n) is 4.81. The van der Waals surface area contributed by atoms with Gasteiger partial charge < -0.3 is 9.16 Å². The quantitative estimate of drug-likeness (QED) is 0.588. The molecule has 2 aliphatic rings. The highest BCUT2D eigenvalue weighted by atomic mass is 32.1. The lowest BCUT2D eigenvalue weighted by molar-refractivity contribution is -0.625. The summed E-state index contributed by atoms with van der Waals surface area (Å²) in [5.41, 5.74) is 0.359. The molecule has 1 aromatic carbocycles. The maximum atomic E-state index is 6.38. The van der Waals surface area contributed by atoms with Crippen LogP contribution in [0.4, 0.5) is 0 Å². The smallest absolute Gasteiger partial charge is 0.271 e. The Kier molecular flexibility index (Phi) is 3.55. The summed E-state index contributed by atoms with van der Waals surface area (Å²) in [6.45, 7) is 13.8. The van der Waals surface area contributed by atoms with Crippen LogP contribution in [0.1, 0.15) is 45.1 Å². The van der Waals surface area contributed by atoms with Crippen molar-refractivity contribution >= 4 is 31.9 Å². The topological polar surface area (TPSA) is 36.9 Å². The zero-order chi connectivity index (χ0) is 18.3. The molecule has 25 heavy (non-hydrogen) atoms. The molecule has 0 N–H and O–H groups in total. The number of thiophene rings is 1. The van der Waals surface area contributed by atoms with E-state index in [9.17, 15) is 0 Å². The highest BCUT2D eigenvalue weighted by Gasteiger charge is 2.82. The largest absolute Gasteiger partial charge is 0.553 e. The van der Waals surface area contributed by atoms with E-state index in [1.807, 2.05) is 6.07 Å². The van der Waals surface area contributed by atoms with Gasteiger partial charge in [-0.3, -0.25) is 0 Å². The molecule has 3 heterocycles. The number of ether oxygens (including phenoxy) is 1. The molecule has 2 fully saturated rings. The van der Waals surface area contributed by atoms with Crippen molar-refractivity contribution in [2.24, 2.45) is 10.8 Å². The average Bonchev–Trinajstić information content (AvgIpc) is 2.89. The predicted octanol–water partition coefficient (Wildman–Crippen LogP) is 3.82. The van der Waals surface area contributed by atoms with E-state index in [1.54, 1.807) is 11.3 Å². The highest BCUT2D eigenvalue weighted by Crippen LogP contribution is 2.70. The van der Waals surface area contributed by atoms with E-state index in [1.165, 1.54) is 15.6 Å². The van der Waals surface area contributed by atoms with Crippen molar-refractivity contribution in [1.29, 1.82) is 0 Å². The van der Waals surface area contributed by atoms with Gasteiger partial charge in [0.25, 0.3) is 5.79 Å². The van der Waals surface area contributed by atoms with Crippen LogP contribution in [0.15, 0.2) is 18.2 Å². The normalized spacial score (nSPS) is 31.1. The number of aryl methyl sites for hydroxylation is 1. The molecule has 6 heteroatoms. The van der Waals surface area contributed by atoms with E-state index in [0.29, 0.717) is 17.1 Å². The monoisotopic (exact) mass is 378 g/mol. The molecular formula is C19H26O4SSi. The van der Waals surface area contributed by atoms with Crippen LogP contribution in [-0.2, 0) is 20.3 Å². The molecule has 0 spiro atoms. The van der Waals surface area contributed by atoms with Gasteiger partial charge in [0.15, 0.2) is 5.60 Å². The van der Waals surface area contributed by atoms with Crippen LogP contribution in [0.25, 0.3) is 10.1 Å². The van der Waals surface area contributed by atoms with Crippen LogP contribution in [0.3, 0.4) is 0 Å². The minimum Gasteiger partial charge on any atom is -0.553 e. The molecule has 2 atom stereocenters. The third-order valence-corrected chi connectivity index (χ3v) is 7.66. The first-order valence-corrected chi connectivity index (χ1v) is 10.3. The molecule has 2 aromatic rings. The first-order chi connectivity index (χ1) is 11.6. The van der Waals surface area contributed by atoms with Gasteiger partial charge in [0.2, 0.25) is 10.5 Å². The van der Waals surface area contributed by atoms with E-state index in [2.05, 4.69) is 53.7 Å². The zero-order valence-corrected chi connectivity index (χ0v) is 18.8. The number of benzene rings is 1. The van der Waals surface area contributed by atoms with E-state index < -0.39 is 11.4 Å². The molecule has 2 aliphatic heterocycles. The van der Waals surface area contributed by atoms with Crippen LogP contribution in [-0.4, -0.2) is 22.7 Å². The molecular weight excluding hydrogens is 352 g/mol. The van der Waals surface area contributed by atoms with E-state index in [-0.39, 0.29) is 10.8 Å². The maximum Gasteiger partial charge on any atom is 0.271 e. The lowest BCUT2D eigenvalue weighted by Gasteiger charge is -2.60. The van der Waals surface area contributed by atoms with Crippen LogP contribution in [0.5, 0.6) is 5.75 Å². The summed E-state index contributed by atoms with van der Waals surface area (Å²) in [6, 6.07) is 6.27. The van der Waals surface area contributed by atoms with Gasteiger partial charge in [0.1, 0.15) is 5.75 Å². The summed E-state index contributed by atoms with van der Waals surface area (Å²) in [5, 5.41) is 1.20. The number of hydrogen-bond acceptors (Lipinski definition) is 5. The Bertz CT molecular complexity index is 853. The summed E-state index contributed by atoms with van der Waals surface area (Å²) in [6.07, 6.45) is 0. The van der Waals surface area contributed by atoms with Gasteiger partial charge in [-0.1, -0.05) is 34.6 Å². The van der Waals surface area contributed by atoms with Crippen LogP contribution >= 0.6 is 11.3 Å². The maximum absolute atomic E-state index is 6.38. The van der Waals surface area contributed by atoms with Crippen molar-refractivity contribution in [3.63, 3.8) is 0 Å². The van der Waals surface area contributed by atoms with Crippen molar-refractivity contribution in [3.05, 3.63) is 28.6 Å². The lowest BCUT2D eigenvalue weighted by Crippen LogP contribution is -2.72. The number of rotatable bonds is 2. The van der Waals surface area contributed by atoms with Gasteiger partial charge in [0, 0.05) is 15.5 Å². The summed E-state index contributed by atoms with van der Waals surface area (Å²) in [5.74, 6) is 0.0782. The van der Waals surface area contributed by atoms with Gasteiger partial charge in [-0.15, -0.1) is 11.3 Å². The van der Waals surface area contributed by atoms with Crippen molar-refractivity contribution < 1.29 is 18.9 Å². The van der Waals surface area contributed by atoms with Crippen molar-refractivity contribution in [3.8, 4) is 5.75 Å². The number of hydrogen-bond donors (Lipinski definition) is 0. The van der Waals surface area contributed by atoms with E-state index >= 15 is 0 Å². The van der Waals surface area contributed by atoms with Crippen molar-refractivity contribution in [1.82, 2.24) is 0 Å². The molecule has 4 nitrogen and oxygen atoms in total. The van der Waals surface area contributed by atoms with Crippen LogP contribution in [0.2, 0.25) is 0 Å². The third-order valence-electron chi connectivity index (χ3n) is 5.84. The average molecular weight is 379 g/mol. The summed E-state index contributed by atoms with van der Waals surface area (Å²) >= 11 is 1.74. The predicted molar refractivity (Wildman–Crippen MR) is 103 cm³/mol. The molecule has 2 unspecified atom stereocenters. The Balaban J connectivity index is 1.95. The van der Waals surface area contributed by atoms with Crippen molar-refractivity contribution in [2.75, 3.05) is 6.61 Å². The molecule has 1 aromatic heterocycles. The molecule has 0 aliphatic carbocycles. The molecule has 0 amide bonds. The first kappa shape index (κ1) is 17.5. The Hall–Kier alpha value is -0.923. The third kappa shape index (κ3) is 1.92. The minimum absolute atomic E-state index is 0.142. The Morgan fingerprint density at radius 1 is 1.20 bits per heavy atom. The van der Waals surface area contributed by atoms with Crippen LogP contribution < -0.4 is 4.43 Å². The highest BCUT2D eigenvalue weighted by molar-refractivity contribution is 7.19. The van der Waals surface area contributed by atoms with Gasteiger partial charge >= 0.3 is 0 Å². The van der Waals surface area contributed by atoms with Gasteiger partial charge in [-0.25, -0.2) is 4.89 Å². The Labute approximate surface area is 155 Å². The van der Waals surface area contributed by atoms with Crippen molar-refractivity contribution in [2.45, 2.75) is 52.9 Å². The molecule has 0 saturated carbocycles. The second kappa shape index (κ2) is 5.08. The SMILES string of the molecule is Cc1c(C23OCC(C)(C)C2(C(C)(C)C)OO3)sc2ccc(O[SiH3])cc12. The molecule has 2 saturated heterocycles. The standard InChI is InChI=1S/C19H26O4SSi/c1-11-13-9-12(21-25)7-8-14(13)24-15(11)18-19(23-22-18,16(2,3)4)17(5,6)10-20-18/h7-9H,10H2,1-6,25H3. The summed E-state index contributed by atoms with van der Waals surface area (Å²) < 4.78 is 13.1. The first-order valence-electron chi connectivity index (χ1n) is 8.68. The van der Waals surface area contributed by atoms with E-state index in [0.717, 1.165) is 10.6 Å². The number of fused-ring (bicyclic) bond motifs is 2. The fourth-order valence-corrected chi connectivity index (χ4v) is 6.37. The summed E-state index contributed by atoms with van der Waals surface area (Å²) in [4.78, 5) is 12.9. The lowest BCUT2D eigenvalue weighted by atomic mass is 9.58. The summed E-state index contributed by atoms with van der Waals surface area (Å²) in [7, 11) is 0.684. The van der Waals surface area contributed by atoms with Gasteiger partial charge in [-0.05, 0) is 36.1 Å². The minimum atomic E-state index is -0.843. The zero-order valence-electron chi connectivity index (χ0n) is 16.0. The van der Waals surface area contributed by atoms with Gasteiger partial charge in [0.05, 0.1) is 11.5 Å². The molecule has 0 radical (unpaired) electrons.